The largest absolute Gasteiger partial charge is 0.493 e. The van der Waals surface area contributed by atoms with Crippen molar-refractivity contribution in [3.05, 3.63) is 64.5 Å². The second-order valence-electron chi connectivity index (χ2n) is 8.56. The molecule has 0 unspecified atom stereocenters. The topological polar surface area (TPSA) is 41.6 Å². The van der Waals surface area contributed by atoms with Gasteiger partial charge in [-0.3, -0.25) is 14.4 Å². The number of piperidine rings is 1. The highest BCUT2D eigenvalue weighted by Gasteiger charge is 2.30. The number of rotatable bonds is 8. The summed E-state index contributed by atoms with van der Waals surface area (Å²) in [5, 5.41) is 0. The molecule has 1 N–H and O–H groups in total. The van der Waals surface area contributed by atoms with Crippen molar-refractivity contribution >= 4 is 17.9 Å². The van der Waals surface area contributed by atoms with Crippen molar-refractivity contribution in [1.82, 2.24) is 9.62 Å². The van der Waals surface area contributed by atoms with Crippen LogP contribution in [0.3, 0.4) is 0 Å². The lowest BCUT2D eigenvalue weighted by Gasteiger charge is -2.32. The van der Waals surface area contributed by atoms with Crippen LogP contribution in [0.5, 0.6) is 5.75 Å². The van der Waals surface area contributed by atoms with E-state index in [9.17, 15) is 18.0 Å². The number of halogens is 3. The van der Waals surface area contributed by atoms with Crippen molar-refractivity contribution in [2.45, 2.75) is 38.1 Å². The molecular formula is C24H27F3N2O2S. The van der Waals surface area contributed by atoms with E-state index in [2.05, 4.69) is 9.62 Å². The van der Waals surface area contributed by atoms with E-state index < -0.39 is 23.4 Å². The van der Waals surface area contributed by atoms with E-state index in [0.717, 1.165) is 67.9 Å². The molecule has 1 aliphatic heterocycles. The average Bonchev–Trinajstić information content (AvgIpc) is 3.61. The highest BCUT2D eigenvalue weighted by atomic mass is 32.2. The summed E-state index contributed by atoms with van der Waals surface area (Å²) >= 11 is 1.14. The van der Waals surface area contributed by atoms with Crippen LogP contribution in [0.1, 0.15) is 53.1 Å². The number of amides is 1. The van der Waals surface area contributed by atoms with Crippen LogP contribution in [0, 0.1) is 23.4 Å². The van der Waals surface area contributed by atoms with Crippen molar-refractivity contribution in [3.8, 4) is 5.75 Å². The van der Waals surface area contributed by atoms with E-state index in [1.165, 1.54) is 12.1 Å². The van der Waals surface area contributed by atoms with Crippen LogP contribution < -0.4 is 9.46 Å². The Morgan fingerprint density at radius 3 is 2.47 bits per heavy atom. The predicted molar refractivity (Wildman–Crippen MR) is 119 cm³/mol. The van der Waals surface area contributed by atoms with E-state index in [1.54, 1.807) is 18.4 Å². The van der Waals surface area contributed by atoms with Crippen molar-refractivity contribution in [2.24, 2.45) is 5.92 Å². The van der Waals surface area contributed by atoms with Gasteiger partial charge in [-0.2, -0.15) is 0 Å². The Balaban J connectivity index is 1.33. The number of ether oxygens (including phenoxy) is 1. The first-order valence-corrected chi connectivity index (χ1v) is 12.1. The zero-order valence-electron chi connectivity index (χ0n) is 18.0. The lowest BCUT2D eigenvalue weighted by molar-refractivity contribution is 0.0980. The minimum Gasteiger partial charge on any atom is -0.493 e. The number of hydrogen-bond acceptors (Lipinski definition) is 4. The molecule has 0 aromatic heterocycles. The smallest absolute Gasteiger partial charge is 0.264 e. The summed E-state index contributed by atoms with van der Waals surface area (Å²) in [6, 6.07) is 7.02. The van der Waals surface area contributed by atoms with Gasteiger partial charge in [0, 0.05) is 18.9 Å². The van der Waals surface area contributed by atoms with Gasteiger partial charge in [0.1, 0.15) is 11.6 Å². The Morgan fingerprint density at radius 2 is 1.81 bits per heavy atom. The fourth-order valence-electron chi connectivity index (χ4n) is 4.15. The van der Waals surface area contributed by atoms with E-state index in [0.29, 0.717) is 30.7 Å². The molecule has 4 nitrogen and oxygen atoms in total. The molecule has 1 amide bonds. The van der Waals surface area contributed by atoms with Crippen LogP contribution in [0.25, 0.3) is 0 Å². The monoisotopic (exact) mass is 464 g/mol. The molecule has 1 aliphatic carbocycles. The second-order valence-corrected chi connectivity index (χ2v) is 9.17. The number of likely N-dealkylation sites (tertiary alicyclic amines) is 1. The molecule has 1 saturated carbocycles. The zero-order valence-corrected chi connectivity index (χ0v) is 18.8. The molecule has 0 spiro atoms. The van der Waals surface area contributed by atoms with Crippen LogP contribution in [0.4, 0.5) is 13.2 Å². The first-order chi connectivity index (χ1) is 15.4. The Bertz CT molecular complexity index is 976. The highest BCUT2D eigenvalue weighted by Crippen LogP contribution is 2.45. The first-order valence-electron chi connectivity index (χ1n) is 10.9. The maximum atomic E-state index is 14.6. The van der Waals surface area contributed by atoms with Gasteiger partial charge < -0.3 is 4.74 Å². The molecule has 2 aromatic rings. The van der Waals surface area contributed by atoms with Gasteiger partial charge >= 0.3 is 0 Å². The molecule has 1 saturated heterocycles. The number of nitrogens with one attached hydrogen (secondary N) is 1. The van der Waals surface area contributed by atoms with Gasteiger partial charge in [-0.1, -0.05) is 18.0 Å². The maximum absolute atomic E-state index is 14.6. The van der Waals surface area contributed by atoms with Crippen molar-refractivity contribution in [1.29, 1.82) is 0 Å². The Labute approximate surface area is 190 Å². The van der Waals surface area contributed by atoms with Gasteiger partial charge in [-0.15, -0.1) is 0 Å². The molecule has 2 aromatic carbocycles. The van der Waals surface area contributed by atoms with Gasteiger partial charge in [0.05, 0.1) is 12.2 Å². The Hall–Kier alpha value is -2.19. The van der Waals surface area contributed by atoms with Crippen LogP contribution in [-0.4, -0.2) is 36.8 Å². The summed E-state index contributed by atoms with van der Waals surface area (Å²) in [7, 11) is 0. The van der Waals surface area contributed by atoms with Crippen LogP contribution >= 0.6 is 11.9 Å². The lowest BCUT2D eigenvalue weighted by atomic mass is 9.97. The highest BCUT2D eigenvalue weighted by molar-refractivity contribution is 7.97. The van der Waals surface area contributed by atoms with E-state index in [4.69, 9.17) is 4.74 Å². The third-order valence-corrected chi connectivity index (χ3v) is 6.52. The fourth-order valence-corrected chi connectivity index (χ4v) is 4.44. The van der Waals surface area contributed by atoms with Crippen molar-refractivity contribution in [2.75, 3.05) is 26.0 Å². The standard InChI is InChI=1S/C24H27F3N2O2S/c1-32-28-24(30)19-11-18(17-3-4-17)23(12-21(19)26)31-14-15-6-8-29(9-7-15)13-16-2-5-20(25)22(27)10-16/h2,5,10-12,15,17H,3-4,6-9,13-14H2,1H3,(H,28,30). The number of carbonyl (C=O) groups is 1. The third-order valence-electron chi connectivity index (χ3n) is 6.13. The third kappa shape index (κ3) is 5.59. The minimum atomic E-state index is -0.829. The quantitative estimate of drug-likeness (QED) is 0.540. The number of nitrogens with zero attached hydrogens (tertiary/aromatic N) is 1. The summed E-state index contributed by atoms with van der Waals surface area (Å²) in [6.07, 6.45) is 5.60. The Kier molecular flexibility index (Phi) is 7.30. The molecule has 0 bridgehead atoms. The second kappa shape index (κ2) is 10.2. The number of carbonyl (C=O) groups excluding carboxylic acids is 1. The molecule has 2 aliphatic rings. The molecule has 8 heteroatoms. The summed E-state index contributed by atoms with van der Waals surface area (Å²) in [4.78, 5) is 14.3. The molecule has 0 radical (unpaired) electrons. The summed E-state index contributed by atoms with van der Waals surface area (Å²) in [5.41, 5.74) is 1.72. The molecule has 32 heavy (non-hydrogen) atoms. The van der Waals surface area contributed by atoms with Gasteiger partial charge in [0.15, 0.2) is 11.6 Å². The molecule has 1 heterocycles. The molecular weight excluding hydrogens is 437 g/mol. The van der Waals surface area contributed by atoms with Gasteiger partial charge in [0.2, 0.25) is 0 Å². The fraction of sp³-hybridized carbons (Fsp3) is 0.458. The molecule has 0 atom stereocenters. The van der Waals surface area contributed by atoms with Crippen molar-refractivity contribution in [3.63, 3.8) is 0 Å². The number of hydrogen-bond donors (Lipinski definition) is 1. The minimum absolute atomic E-state index is 0.0548. The summed E-state index contributed by atoms with van der Waals surface area (Å²) < 4.78 is 49.7. The molecule has 2 fully saturated rings. The van der Waals surface area contributed by atoms with Gasteiger partial charge in [0.25, 0.3) is 5.91 Å². The van der Waals surface area contributed by atoms with Gasteiger partial charge in [-0.25, -0.2) is 13.2 Å². The van der Waals surface area contributed by atoms with E-state index >= 15 is 0 Å². The molecule has 172 valence electrons. The zero-order chi connectivity index (χ0) is 22.7. The lowest BCUT2D eigenvalue weighted by Crippen LogP contribution is -2.35. The maximum Gasteiger partial charge on any atom is 0.264 e. The first kappa shape index (κ1) is 23.0. The summed E-state index contributed by atoms with van der Waals surface area (Å²) in [5.74, 6) is -1.45. The van der Waals surface area contributed by atoms with Crippen LogP contribution in [0.15, 0.2) is 30.3 Å². The average molecular weight is 465 g/mol. The Morgan fingerprint density at radius 1 is 1.06 bits per heavy atom. The predicted octanol–water partition coefficient (Wildman–Crippen LogP) is 5.28. The van der Waals surface area contributed by atoms with Crippen LogP contribution in [-0.2, 0) is 6.54 Å². The number of benzene rings is 2. The van der Waals surface area contributed by atoms with Crippen LogP contribution in [0.2, 0.25) is 0 Å². The summed E-state index contributed by atoms with van der Waals surface area (Å²) in [6.45, 7) is 2.76. The van der Waals surface area contributed by atoms with E-state index in [-0.39, 0.29) is 5.56 Å². The van der Waals surface area contributed by atoms with Crippen molar-refractivity contribution < 1.29 is 22.7 Å². The van der Waals surface area contributed by atoms with Gasteiger partial charge in [-0.05, 0) is 79.9 Å². The SMILES string of the molecule is CSNC(=O)c1cc(C2CC2)c(OCC2CCN(Cc3ccc(F)c(F)c3)CC2)cc1F. The van der Waals surface area contributed by atoms with E-state index in [1.807, 2.05) is 0 Å². The molecule has 4 rings (SSSR count). The normalized spacial score (nSPS) is 17.4.